The van der Waals surface area contributed by atoms with Crippen molar-refractivity contribution in [2.24, 2.45) is 0 Å². The molecule has 1 aliphatic heterocycles. The second kappa shape index (κ2) is 6.88. The monoisotopic (exact) mass is 367 g/mol. The predicted octanol–water partition coefficient (Wildman–Crippen LogP) is 2.52. The van der Waals surface area contributed by atoms with Crippen molar-refractivity contribution in [3.63, 3.8) is 0 Å². The van der Waals surface area contributed by atoms with Crippen LogP contribution in [0.1, 0.15) is 17.2 Å². The second-order valence-electron chi connectivity index (χ2n) is 3.42. The van der Waals surface area contributed by atoms with Gasteiger partial charge in [0.15, 0.2) is 11.5 Å². The summed E-state index contributed by atoms with van der Waals surface area (Å²) >= 11 is 0. The molecule has 4 nitrogen and oxygen atoms in total. The summed E-state index contributed by atoms with van der Waals surface area (Å²) in [6, 6.07) is 3.23. The summed E-state index contributed by atoms with van der Waals surface area (Å²) in [7, 11) is 1.83. The average molecular weight is 369 g/mol. The Hall–Kier alpha value is -0.720. The molecule has 6 heteroatoms. The minimum absolute atomic E-state index is 0. The van der Waals surface area contributed by atoms with Crippen LogP contribution in [0, 0.1) is 0 Å². The van der Waals surface area contributed by atoms with Crippen molar-refractivity contribution >= 4 is 40.0 Å². The van der Waals surface area contributed by atoms with Crippen molar-refractivity contribution in [1.82, 2.24) is 5.32 Å². The number of fused-ring (bicyclic) bond motifs is 1. The average Bonchev–Trinajstić information content (AvgIpc) is 2.25. The fourth-order valence-corrected chi connectivity index (χ4v) is 1.69. The van der Waals surface area contributed by atoms with Crippen LogP contribution in [0.5, 0.6) is 11.5 Å². The van der Waals surface area contributed by atoms with E-state index in [0.717, 1.165) is 5.56 Å². The molecule has 1 aromatic rings. The first kappa shape index (κ1) is 16.3. The Labute approximate surface area is 121 Å². The summed E-state index contributed by atoms with van der Waals surface area (Å²) in [6.07, 6.45) is 3.06. The molecule has 0 aromatic heterocycles. The van der Waals surface area contributed by atoms with E-state index in [0.29, 0.717) is 12.1 Å². The van der Waals surface area contributed by atoms with Gasteiger partial charge in [0.25, 0.3) is 0 Å². The Kier molecular flexibility index (Phi) is 6.59. The van der Waals surface area contributed by atoms with E-state index in [2.05, 4.69) is 5.32 Å². The minimum atomic E-state index is -0.124. The Morgan fingerprint density at radius 2 is 2.00 bits per heavy atom. The maximum atomic E-state index is 9.65. The highest BCUT2D eigenvalue weighted by Crippen LogP contribution is 2.38. The number of hydrogen-bond donors (Lipinski definition) is 3. The Morgan fingerprint density at radius 3 is 2.65 bits per heavy atom. The van der Waals surface area contributed by atoms with E-state index in [1.807, 2.05) is 7.05 Å². The van der Waals surface area contributed by atoms with E-state index in [4.69, 9.17) is 4.74 Å². The molecule has 1 atom stereocenters. The summed E-state index contributed by atoms with van der Waals surface area (Å²) in [4.78, 5) is 0. The number of phenols is 2. The van der Waals surface area contributed by atoms with Gasteiger partial charge in [0.1, 0.15) is 6.10 Å². The summed E-state index contributed by atoms with van der Waals surface area (Å²) in [6.45, 7) is 0.654. The van der Waals surface area contributed by atoms with Crippen LogP contribution in [0.25, 0.3) is 6.08 Å². The van der Waals surface area contributed by atoms with Crippen LogP contribution in [-0.4, -0.2) is 23.8 Å². The van der Waals surface area contributed by atoms with Gasteiger partial charge in [-0.2, -0.15) is 0 Å². The summed E-state index contributed by atoms with van der Waals surface area (Å²) in [5.41, 5.74) is 1.50. The molecule has 0 fully saturated rings. The van der Waals surface area contributed by atoms with Gasteiger partial charge in [-0.15, -0.1) is 34.0 Å². The zero-order valence-corrected chi connectivity index (χ0v) is 12.6. The second-order valence-corrected chi connectivity index (χ2v) is 3.42. The van der Waals surface area contributed by atoms with Crippen LogP contribution in [0.15, 0.2) is 18.4 Å². The van der Waals surface area contributed by atoms with E-state index >= 15 is 0 Å². The first-order valence-corrected chi connectivity index (χ1v) is 4.75. The van der Waals surface area contributed by atoms with Gasteiger partial charge in [-0.1, -0.05) is 6.07 Å². The van der Waals surface area contributed by atoms with Crippen molar-refractivity contribution in [3.8, 4) is 11.5 Å². The van der Waals surface area contributed by atoms with Crippen molar-refractivity contribution in [1.29, 1.82) is 0 Å². The van der Waals surface area contributed by atoms with Crippen LogP contribution in [0.4, 0.5) is 0 Å². The zero-order valence-electron chi connectivity index (χ0n) is 9.21. The van der Waals surface area contributed by atoms with E-state index in [9.17, 15) is 10.2 Å². The molecule has 1 heterocycles. The number of halogens is 2. The van der Waals surface area contributed by atoms with E-state index < -0.39 is 0 Å². The van der Waals surface area contributed by atoms with Crippen molar-refractivity contribution in [3.05, 3.63) is 29.5 Å². The number of hydrogen-bond acceptors (Lipinski definition) is 4. The lowest BCUT2D eigenvalue weighted by Gasteiger charge is -2.23. The summed E-state index contributed by atoms with van der Waals surface area (Å²) < 4.78 is 5.40. The normalized spacial score (nSPS) is 16.2. The van der Waals surface area contributed by atoms with Crippen LogP contribution in [0.3, 0.4) is 0 Å². The lowest BCUT2D eigenvalue weighted by Crippen LogP contribution is -2.20. The van der Waals surface area contributed by atoms with Gasteiger partial charge < -0.3 is 20.3 Å². The standard InChI is InChI=1S/C11H13NO3.2BrH/c1-12-6-10-7-2-3-9(13)11(14)8(7)4-5-15-10;;/h2-5,10,12-14H,6H2,1H3;2*1H. The molecule has 0 radical (unpaired) electrons. The fourth-order valence-electron chi connectivity index (χ4n) is 1.69. The molecule has 0 spiro atoms. The molecule has 0 saturated heterocycles. The number of aromatic hydroxyl groups is 2. The van der Waals surface area contributed by atoms with E-state index in [1.165, 1.54) is 12.3 Å². The Balaban J connectivity index is 0.00000128. The highest BCUT2D eigenvalue weighted by Gasteiger charge is 2.21. The van der Waals surface area contributed by atoms with Crippen LogP contribution in [0.2, 0.25) is 0 Å². The lowest BCUT2D eigenvalue weighted by atomic mass is 9.99. The molecular weight excluding hydrogens is 354 g/mol. The van der Waals surface area contributed by atoms with Crippen LogP contribution in [-0.2, 0) is 4.74 Å². The third-order valence-electron chi connectivity index (χ3n) is 2.44. The Morgan fingerprint density at radius 1 is 1.29 bits per heavy atom. The molecule has 0 saturated carbocycles. The molecule has 0 amide bonds. The first-order valence-electron chi connectivity index (χ1n) is 4.75. The highest BCUT2D eigenvalue weighted by atomic mass is 79.9. The fraction of sp³-hybridized carbons (Fsp3) is 0.273. The molecule has 1 aliphatic rings. The molecule has 17 heavy (non-hydrogen) atoms. The minimum Gasteiger partial charge on any atom is -0.504 e. The number of phenolic OH excluding ortho intramolecular Hbond substituents is 2. The van der Waals surface area contributed by atoms with Gasteiger partial charge in [0.05, 0.1) is 6.26 Å². The number of likely N-dealkylation sites (N-methyl/N-ethyl adjacent to an activating group) is 1. The van der Waals surface area contributed by atoms with Gasteiger partial charge in [-0.05, 0) is 19.2 Å². The number of nitrogens with one attached hydrogen (secondary N) is 1. The van der Waals surface area contributed by atoms with Gasteiger partial charge in [0.2, 0.25) is 0 Å². The predicted molar refractivity (Wildman–Crippen MR) is 77.2 cm³/mol. The largest absolute Gasteiger partial charge is 0.504 e. The number of benzene rings is 1. The summed E-state index contributed by atoms with van der Waals surface area (Å²) in [5, 5.41) is 22.0. The highest BCUT2D eigenvalue weighted by molar-refractivity contribution is 8.93. The molecule has 1 unspecified atom stereocenters. The molecule has 0 bridgehead atoms. The van der Waals surface area contributed by atoms with Crippen LogP contribution < -0.4 is 5.32 Å². The zero-order chi connectivity index (χ0) is 10.8. The molecule has 1 aromatic carbocycles. The molecule has 2 rings (SSSR count). The Bertz CT molecular complexity index is 410. The van der Waals surface area contributed by atoms with Crippen molar-refractivity contribution in [2.75, 3.05) is 13.6 Å². The molecule has 0 aliphatic carbocycles. The van der Waals surface area contributed by atoms with Crippen molar-refractivity contribution < 1.29 is 14.9 Å². The lowest BCUT2D eigenvalue weighted by molar-refractivity contribution is 0.143. The molecule has 3 N–H and O–H groups in total. The number of rotatable bonds is 2. The maximum absolute atomic E-state index is 9.65. The van der Waals surface area contributed by atoms with Gasteiger partial charge in [-0.3, -0.25) is 0 Å². The quantitative estimate of drug-likeness (QED) is 0.702. The van der Waals surface area contributed by atoms with Gasteiger partial charge in [-0.25, -0.2) is 0 Å². The maximum Gasteiger partial charge on any atom is 0.165 e. The van der Waals surface area contributed by atoms with Gasteiger partial charge >= 0.3 is 0 Å². The smallest absolute Gasteiger partial charge is 0.165 e. The van der Waals surface area contributed by atoms with Crippen LogP contribution >= 0.6 is 34.0 Å². The number of ether oxygens (including phenoxy) is 1. The third-order valence-corrected chi connectivity index (χ3v) is 2.44. The van der Waals surface area contributed by atoms with E-state index in [-0.39, 0.29) is 51.6 Å². The van der Waals surface area contributed by atoms with Gasteiger partial charge in [0, 0.05) is 17.7 Å². The topological polar surface area (TPSA) is 61.7 Å². The van der Waals surface area contributed by atoms with Crippen molar-refractivity contribution in [2.45, 2.75) is 6.10 Å². The third kappa shape index (κ3) is 3.14. The molecule has 96 valence electrons. The first-order chi connectivity index (χ1) is 7.24. The summed E-state index contributed by atoms with van der Waals surface area (Å²) in [5.74, 6) is -0.198. The van der Waals surface area contributed by atoms with E-state index in [1.54, 1.807) is 12.1 Å². The SMILES string of the molecule is Br.Br.CNCC1OC=Cc2c1ccc(O)c2O. The molecular formula is C11H15Br2NO3.